The van der Waals surface area contributed by atoms with Gasteiger partial charge in [0.05, 0.1) is 24.1 Å². The SMILES string of the molecule is COc1ncnc(C2CC2)c1-c1nn(C)c2c1CN(c1ccc(-c3c(C)noc3C)cn1)CC2. The molecule has 9 nitrogen and oxygen atoms in total. The molecule has 0 aromatic carbocycles. The number of ether oxygens (including phenoxy) is 1. The number of pyridine rings is 1. The number of anilines is 1. The van der Waals surface area contributed by atoms with Gasteiger partial charge in [-0.3, -0.25) is 4.68 Å². The molecular weight excluding hydrogens is 430 g/mol. The molecule has 1 aliphatic carbocycles. The van der Waals surface area contributed by atoms with Crippen molar-refractivity contribution in [3.8, 4) is 28.3 Å². The lowest BCUT2D eigenvalue weighted by Crippen LogP contribution is -2.31. The number of methoxy groups -OCH3 is 1. The van der Waals surface area contributed by atoms with Gasteiger partial charge in [-0.15, -0.1) is 0 Å². The van der Waals surface area contributed by atoms with Crippen LogP contribution in [0.1, 0.15) is 47.2 Å². The van der Waals surface area contributed by atoms with Gasteiger partial charge in [-0.1, -0.05) is 5.16 Å². The van der Waals surface area contributed by atoms with Gasteiger partial charge >= 0.3 is 0 Å². The summed E-state index contributed by atoms with van der Waals surface area (Å²) in [6.45, 7) is 5.48. The van der Waals surface area contributed by atoms with E-state index in [4.69, 9.17) is 19.3 Å². The quantitative estimate of drug-likeness (QED) is 0.444. The van der Waals surface area contributed by atoms with Crippen LogP contribution in [0.2, 0.25) is 0 Å². The summed E-state index contributed by atoms with van der Waals surface area (Å²) >= 11 is 0. The zero-order valence-electron chi connectivity index (χ0n) is 19.9. The number of nitrogens with zero attached hydrogens (tertiary/aromatic N) is 7. The summed E-state index contributed by atoms with van der Waals surface area (Å²) in [4.78, 5) is 16.1. The van der Waals surface area contributed by atoms with E-state index in [0.29, 0.717) is 11.8 Å². The third-order valence-electron chi connectivity index (χ3n) is 6.87. The highest BCUT2D eigenvalue weighted by Gasteiger charge is 2.34. The standard InChI is InChI=1S/C25H27N7O2/c1-14-21(15(2)34-30-14)17-7-8-20(26-11-17)32-10-9-19-18(12-32)24(29-31(19)3)22-23(16-5-6-16)27-13-28-25(22)33-4/h7-8,11,13,16H,5-6,9-10,12H2,1-4H3. The first-order valence-corrected chi connectivity index (χ1v) is 11.6. The Morgan fingerprint density at radius 3 is 2.62 bits per heavy atom. The summed E-state index contributed by atoms with van der Waals surface area (Å²) in [6, 6.07) is 4.16. The van der Waals surface area contributed by atoms with Crippen molar-refractivity contribution in [1.29, 1.82) is 0 Å². The van der Waals surface area contributed by atoms with E-state index >= 15 is 0 Å². The fourth-order valence-corrected chi connectivity index (χ4v) is 5.03. The summed E-state index contributed by atoms with van der Waals surface area (Å²) < 4.78 is 13.0. The monoisotopic (exact) mass is 457 g/mol. The molecule has 9 heteroatoms. The maximum Gasteiger partial charge on any atom is 0.226 e. The normalized spacial score (nSPS) is 15.5. The van der Waals surface area contributed by atoms with Gasteiger partial charge in [0.1, 0.15) is 23.6 Å². The fourth-order valence-electron chi connectivity index (χ4n) is 5.03. The smallest absolute Gasteiger partial charge is 0.226 e. The van der Waals surface area contributed by atoms with Crippen LogP contribution in [-0.2, 0) is 20.0 Å². The Morgan fingerprint density at radius 1 is 1.09 bits per heavy atom. The van der Waals surface area contributed by atoms with Crippen molar-refractivity contribution in [3.63, 3.8) is 0 Å². The second kappa shape index (κ2) is 7.93. The van der Waals surface area contributed by atoms with E-state index in [2.05, 4.69) is 32.2 Å². The van der Waals surface area contributed by atoms with E-state index in [9.17, 15) is 0 Å². The molecule has 0 saturated heterocycles. The van der Waals surface area contributed by atoms with Gasteiger partial charge in [0.25, 0.3) is 0 Å². The van der Waals surface area contributed by atoms with Crippen molar-refractivity contribution in [2.45, 2.75) is 45.6 Å². The maximum atomic E-state index is 5.66. The molecule has 0 N–H and O–H groups in total. The highest BCUT2D eigenvalue weighted by atomic mass is 16.5. The molecule has 0 radical (unpaired) electrons. The molecule has 1 saturated carbocycles. The van der Waals surface area contributed by atoms with Crippen LogP contribution in [0, 0.1) is 13.8 Å². The molecule has 0 spiro atoms. The third kappa shape index (κ3) is 3.34. The first-order chi connectivity index (χ1) is 16.5. The summed E-state index contributed by atoms with van der Waals surface area (Å²) in [5, 5.41) is 9.00. The fraction of sp³-hybridized carbons (Fsp3) is 0.400. The minimum atomic E-state index is 0.461. The molecule has 5 heterocycles. The average Bonchev–Trinajstić information content (AvgIpc) is 3.59. The maximum absolute atomic E-state index is 5.66. The zero-order chi connectivity index (χ0) is 23.4. The Kier molecular flexibility index (Phi) is 4.86. The highest BCUT2D eigenvalue weighted by Crippen LogP contribution is 2.46. The zero-order valence-corrected chi connectivity index (χ0v) is 19.9. The van der Waals surface area contributed by atoms with Gasteiger partial charge in [0.2, 0.25) is 5.88 Å². The summed E-state index contributed by atoms with van der Waals surface area (Å²) in [5.74, 6) is 2.80. The minimum Gasteiger partial charge on any atom is -0.480 e. The van der Waals surface area contributed by atoms with E-state index in [1.54, 1.807) is 13.4 Å². The van der Waals surface area contributed by atoms with Crippen molar-refractivity contribution in [1.82, 2.24) is 29.9 Å². The Bertz CT molecular complexity index is 1350. The Labute approximate surface area is 197 Å². The molecule has 34 heavy (non-hydrogen) atoms. The predicted octanol–water partition coefficient (Wildman–Crippen LogP) is 3.99. The van der Waals surface area contributed by atoms with Crippen LogP contribution in [0.3, 0.4) is 0 Å². The molecule has 2 aliphatic rings. The number of hydrogen-bond donors (Lipinski definition) is 0. The van der Waals surface area contributed by atoms with Crippen LogP contribution in [-0.4, -0.2) is 43.5 Å². The van der Waals surface area contributed by atoms with E-state index in [1.807, 2.05) is 31.8 Å². The molecule has 6 rings (SSSR count). The van der Waals surface area contributed by atoms with E-state index < -0.39 is 0 Å². The Morgan fingerprint density at radius 2 is 1.94 bits per heavy atom. The average molecular weight is 458 g/mol. The second-order valence-electron chi connectivity index (χ2n) is 9.09. The summed E-state index contributed by atoms with van der Waals surface area (Å²) in [7, 11) is 3.68. The third-order valence-corrected chi connectivity index (χ3v) is 6.87. The lowest BCUT2D eigenvalue weighted by molar-refractivity contribution is 0.393. The van der Waals surface area contributed by atoms with Crippen molar-refractivity contribution in [3.05, 3.63) is 53.1 Å². The van der Waals surface area contributed by atoms with Crippen LogP contribution >= 0.6 is 0 Å². The lowest BCUT2D eigenvalue weighted by Gasteiger charge is -2.29. The van der Waals surface area contributed by atoms with E-state index in [0.717, 1.165) is 77.7 Å². The topological polar surface area (TPSA) is 95.0 Å². The molecule has 174 valence electrons. The molecule has 1 fully saturated rings. The number of fused-ring (bicyclic) bond motifs is 1. The van der Waals surface area contributed by atoms with Crippen molar-refractivity contribution >= 4 is 5.82 Å². The van der Waals surface area contributed by atoms with Crippen LogP contribution in [0.25, 0.3) is 22.4 Å². The predicted molar refractivity (Wildman–Crippen MR) is 127 cm³/mol. The van der Waals surface area contributed by atoms with Crippen LogP contribution in [0.15, 0.2) is 29.2 Å². The molecule has 0 atom stereocenters. The number of rotatable bonds is 5. The van der Waals surface area contributed by atoms with Gasteiger partial charge in [-0.2, -0.15) is 5.10 Å². The number of aryl methyl sites for hydroxylation is 3. The van der Waals surface area contributed by atoms with Gasteiger partial charge in [0.15, 0.2) is 0 Å². The van der Waals surface area contributed by atoms with Gasteiger partial charge < -0.3 is 14.2 Å². The largest absolute Gasteiger partial charge is 0.480 e. The van der Waals surface area contributed by atoms with Crippen molar-refractivity contribution < 1.29 is 9.26 Å². The van der Waals surface area contributed by atoms with Crippen LogP contribution < -0.4 is 9.64 Å². The van der Waals surface area contributed by atoms with Crippen LogP contribution in [0.4, 0.5) is 5.82 Å². The summed E-state index contributed by atoms with van der Waals surface area (Å²) in [6.07, 6.45) is 6.69. The first-order valence-electron chi connectivity index (χ1n) is 11.6. The van der Waals surface area contributed by atoms with E-state index in [-0.39, 0.29) is 0 Å². The second-order valence-corrected chi connectivity index (χ2v) is 9.09. The first kappa shape index (κ1) is 20.8. The lowest BCUT2D eigenvalue weighted by atomic mass is 9.99. The molecular formula is C25H27N7O2. The Balaban J connectivity index is 1.36. The number of hydrogen-bond acceptors (Lipinski definition) is 8. The van der Waals surface area contributed by atoms with Crippen LogP contribution in [0.5, 0.6) is 5.88 Å². The molecule has 4 aromatic heterocycles. The summed E-state index contributed by atoms with van der Waals surface area (Å²) in [5.41, 5.74) is 8.25. The molecule has 0 unspecified atom stereocenters. The van der Waals surface area contributed by atoms with E-state index in [1.165, 1.54) is 11.3 Å². The Hall–Kier alpha value is -3.75. The number of aromatic nitrogens is 6. The van der Waals surface area contributed by atoms with Gasteiger partial charge in [-0.25, -0.2) is 15.0 Å². The molecule has 0 bridgehead atoms. The minimum absolute atomic E-state index is 0.461. The van der Waals surface area contributed by atoms with Gasteiger partial charge in [0, 0.05) is 61.1 Å². The van der Waals surface area contributed by atoms with Gasteiger partial charge in [-0.05, 0) is 38.8 Å². The van der Waals surface area contributed by atoms with Crippen molar-refractivity contribution in [2.24, 2.45) is 7.05 Å². The molecule has 0 amide bonds. The molecule has 4 aromatic rings. The highest BCUT2D eigenvalue weighted by molar-refractivity contribution is 5.73. The van der Waals surface area contributed by atoms with Crippen molar-refractivity contribution in [2.75, 3.05) is 18.6 Å². The molecule has 1 aliphatic heterocycles.